The molecule has 2 aromatic carbocycles. The Labute approximate surface area is 217 Å². The van der Waals surface area contributed by atoms with Gasteiger partial charge in [-0.05, 0) is 48.2 Å². The van der Waals surface area contributed by atoms with Crippen molar-refractivity contribution >= 4 is 33.4 Å². The van der Waals surface area contributed by atoms with Gasteiger partial charge in [0.1, 0.15) is 0 Å². The van der Waals surface area contributed by atoms with Crippen molar-refractivity contribution < 1.29 is 13.2 Å². The van der Waals surface area contributed by atoms with E-state index >= 15 is 0 Å². The SMILES string of the molecule is NCCN(CCN)CCN1CCC(Nc2cc(C(F)(F)F)cc3c2Cc2ccc(Br)cc2S3)CC1. The molecule has 1 saturated heterocycles. The molecule has 0 aliphatic carbocycles. The molecule has 0 spiro atoms. The summed E-state index contributed by atoms with van der Waals surface area (Å²) in [6, 6.07) is 8.76. The van der Waals surface area contributed by atoms with Crippen molar-refractivity contribution in [3.05, 3.63) is 51.5 Å². The summed E-state index contributed by atoms with van der Waals surface area (Å²) in [6.45, 7) is 6.64. The van der Waals surface area contributed by atoms with Gasteiger partial charge in [0.2, 0.25) is 0 Å². The third-order valence-electron chi connectivity index (χ3n) is 6.72. The highest BCUT2D eigenvalue weighted by Crippen LogP contribution is 2.46. The van der Waals surface area contributed by atoms with Crippen LogP contribution in [0.15, 0.2) is 44.6 Å². The van der Waals surface area contributed by atoms with Gasteiger partial charge in [0.15, 0.2) is 0 Å². The van der Waals surface area contributed by atoms with E-state index in [9.17, 15) is 13.2 Å². The van der Waals surface area contributed by atoms with Crippen molar-refractivity contribution in [1.82, 2.24) is 9.80 Å². The van der Waals surface area contributed by atoms with Crippen LogP contribution in [0.4, 0.5) is 18.9 Å². The number of likely N-dealkylation sites (tertiary alicyclic amines) is 1. The van der Waals surface area contributed by atoms with Crippen molar-refractivity contribution in [2.45, 2.75) is 41.3 Å². The first-order valence-corrected chi connectivity index (χ1v) is 13.7. The second-order valence-electron chi connectivity index (χ2n) is 9.21. The summed E-state index contributed by atoms with van der Waals surface area (Å²) in [6.07, 6.45) is -1.96. The monoisotopic (exact) mass is 571 g/mol. The van der Waals surface area contributed by atoms with Crippen LogP contribution in [0.5, 0.6) is 0 Å². The number of hydrogen-bond acceptors (Lipinski definition) is 6. The molecule has 5 nitrogen and oxygen atoms in total. The zero-order chi connectivity index (χ0) is 25.0. The van der Waals surface area contributed by atoms with Gasteiger partial charge in [0, 0.05) is 84.8 Å². The van der Waals surface area contributed by atoms with E-state index in [-0.39, 0.29) is 6.04 Å². The number of piperidine rings is 1. The van der Waals surface area contributed by atoms with Crippen LogP contribution in [-0.4, -0.2) is 68.2 Å². The van der Waals surface area contributed by atoms with Gasteiger partial charge < -0.3 is 21.7 Å². The zero-order valence-corrected chi connectivity index (χ0v) is 22.1. The molecule has 4 rings (SSSR count). The smallest absolute Gasteiger partial charge is 0.382 e. The fraction of sp³-hybridized carbons (Fsp3) is 0.520. The summed E-state index contributed by atoms with van der Waals surface area (Å²) in [4.78, 5) is 6.39. The molecule has 35 heavy (non-hydrogen) atoms. The van der Waals surface area contributed by atoms with Gasteiger partial charge in [0.25, 0.3) is 0 Å². The first-order chi connectivity index (χ1) is 16.8. The quantitative estimate of drug-likeness (QED) is 0.348. The van der Waals surface area contributed by atoms with E-state index in [4.69, 9.17) is 11.5 Å². The normalized spacial score (nSPS) is 16.9. The molecule has 0 radical (unpaired) electrons. The second-order valence-corrected chi connectivity index (χ2v) is 11.2. The van der Waals surface area contributed by atoms with Crippen LogP contribution < -0.4 is 16.8 Å². The second kappa shape index (κ2) is 11.8. The van der Waals surface area contributed by atoms with E-state index < -0.39 is 11.7 Å². The molecule has 0 saturated carbocycles. The average Bonchev–Trinajstić information content (AvgIpc) is 2.82. The highest BCUT2D eigenvalue weighted by Gasteiger charge is 2.34. The van der Waals surface area contributed by atoms with E-state index in [2.05, 4.69) is 31.0 Å². The maximum absolute atomic E-state index is 13.7. The third kappa shape index (κ3) is 6.93. The van der Waals surface area contributed by atoms with Crippen LogP contribution in [0, 0.1) is 0 Å². The van der Waals surface area contributed by atoms with Gasteiger partial charge in [0.05, 0.1) is 5.56 Å². The summed E-state index contributed by atoms with van der Waals surface area (Å²) in [5, 5.41) is 3.50. The molecule has 2 aliphatic rings. The number of rotatable bonds is 9. The lowest BCUT2D eigenvalue weighted by atomic mass is 9.98. The number of hydrogen-bond donors (Lipinski definition) is 3. The third-order valence-corrected chi connectivity index (χ3v) is 8.40. The lowest BCUT2D eigenvalue weighted by Crippen LogP contribution is -2.44. The molecule has 1 fully saturated rings. The van der Waals surface area contributed by atoms with Crippen molar-refractivity contribution in [2.24, 2.45) is 11.5 Å². The highest BCUT2D eigenvalue weighted by molar-refractivity contribution is 9.10. The minimum atomic E-state index is -4.38. The van der Waals surface area contributed by atoms with Crippen LogP contribution in [0.3, 0.4) is 0 Å². The summed E-state index contributed by atoms with van der Waals surface area (Å²) >= 11 is 4.89. The first kappa shape index (κ1) is 26.8. The lowest BCUT2D eigenvalue weighted by Gasteiger charge is -2.35. The molecule has 2 aromatic rings. The molecule has 0 bridgehead atoms. The van der Waals surface area contributed by atoms with E-state index in [1.54, 1.807) is 0 Å². The minimum Gasteiger partial charge on any atom is -0.382 e. The van der Waals surface area contributed by atoms with Crippen molar-refractivity contribution in [3.8, 4) is 0 Å². The Balaban J connectivity index is 1.44. The molecular weight excluding hydrogens is 539 g/mol. The summed E-state index contributed by atoms with van der Waals surface area (Å²) in [5.74, 6) is 0. The average molecular weight is 573 g/mol. The first-order valence-electron chi connectivity index (χ1n) is 12.1. The largest absolute Gasteiger partial charge is 0.416 e. The topological polar surface area (TPSA) is 70.5 Å². The summed E-state index contributed by atoms with van der Waals surface area (Å²) in [5.41, 5.74) is 13.5. The predicted octanol–water partition coefficient (Wildman–Crippen LogP) is 4.62. The van der Waals surface area contributed by atoms with Gasteiger partial charge in [-0.1, -0.05) is 33.8 Å². The number of alkyl halides is 3. The maximum atomic E-state index is 13.7. The number of nitrogens with zero attached hydrogens (tertiary/aromatic N) is 2. The van der Waals surface area contributed by atoms with E-state index in [0.29, 0.717) is 30.1 Å². The Hall–Kier alpha value is -1.30. The fourth-order valence-electron chi connectivity index (χ4n) is 4.79. The molecule has 2 heterocycles. The lowest BCUT2D eigenvalue weighted by molar-refractivity contribution is -0.137. The molecule has 10 heteroatoms. The standard InChI is InChI=1S/C25H33BrF3N5S/c26-19-2-1-17-13-21-22(14-18(25(27,28)29)15-24(21)35-23(17)16-19)32-20-3-7-33(8-4-20)11-12-34(9-5-30)10-6-31/h1-2,14-16,20,32H,3-13,30-31H2. The van der Waals surface area contributed by atoms with Crippen LogP contribution in [0.2, 0.25) is 0 Å². The summed E-state index contributed by atoms with van der Waals surface area (Å²) in [7, 11) is 0. The van der Waals surface area contributed by atoms with Gasteiger partial charge in [-0.25, -0.2) is 0 Å². The molecule has 0 atom stereocenters. The molecule has 192 valence electrons. The number of nitrogens with two attached hydrogens (primary N) is 2. The maximum Gasteiger partial charge on any atom is 0.416 e. The van der Waals surface area contributed by atoms with Gasteiger partial charge in [-0.3, -0.25) is 4.90 Å². The molecular formula is C25H33BrF3N5S. The Morgan fingerprint density at radius 2 is 1.74 bits per heavy atom. The van der Waals surface area contributed by atoms with E-state index in [1.165, 1.54) is 23.9 Å². The van der Waals surface area contributed by atoms with Crippen molar-refractivity contribution in [1.29, 1.82) is 0 Å². The molecule has 5 N–H and O–H groups in total. The van der Waals surface area contributed by atoms with E-state index in [1.807, 2.05) is 18.2 Å². The fourth-order valence-corrected chi connectivity index (χ4v) is 6.49. The Morgan fingerprint density at radius 1 is 1.03 bits per heavy atom. The number of nitrogens with one attached hydrogen (secondary N) is 1. The van der Waals surface area contributed by atoms with Crippen LogP contribution in [0.1, 0.15) is 29.5 Å². The van der Waals surface area contributed by atoms with Crippen LogP contribution in [0.25, 0.3) is 0 Å². The van der Waals surface area contributed by atoms with Crippen LogP contribution >= 0.6 is 27.7 Å². The van der Waals surface area contributed by atoms with Crippen LogP contribution in [-0.2, 0) is 12.6 Å². The summed E-state index contributed by atoms with van der Waals surface area (Å²) < 4.78 is 42.1. The number of halogens is 4. The minimum absolute atomic E-state index is 0.152. The number of benzene rings is 2. The molecule has 2 aliphatic heterocycles. The van der Waals surface area contributed by atoms with Crippen molar-refractivity contribution in [3.63, 3.8) is 0 Å². The van der Waals surface area contributed by atoms with Gasteiger partial charge in [-0.15, -0.1) is 0 Å². The zero-order valence-electron chi connectivity index (χ0n) is 19.7. The highest BCUT2D eigenvalue weighted by atomic mass is 79.9. The molecule has 0 aromatic heterocycles. The Bertz CT molecular complexity index is 1010. The molecule has 0 unspecified atom stereocenters. The van der Waals surface area contributed by atoms with Crippen molar-refractivity contribution in [2.75, 3.05) is 57.7 Å². The van der Waals surface area contributed by atoms with Gasteiger partial charge >= 0.3 is 6.18 Å². The number of fused-ring (bicyclic) bond motifs is 2. The number of anilines is 1. The predicted molar refractivity (Wildman–Crippen MR) is 140 cm³/mol. The molecule has 0 amide bonds. The van der Waals surface area contributed by atoms with E-state index in [0.717, 1.165) is 72.6 Å². The Kier molecular flexibility index (Phi) is 9.04. The Morgan fingerprint density at radius 3 is 2.40 bits per heavy atom. The van der Waals surface area contributed by atoms with Gasteiger partial charge in [-0.2, -0.15) is 13.2 Å².